The monoisotopic (exact) mass is 246 g/mol. The van der Waals surface area contributed by atoms with E-state index in [0.717, 1.165) is 5.69 Å². The van der Waals surface area contributed by atoms with Crippen LogP contribution in [0.1, 0.15) is 11.5 Å². The van der Waals surface area contributed by atoms with E-state index in [-0.39, 0.29) is 11.4 Å². The third-order valence-electron chi connectivity index (χ3n) is 2.07. The Balaban J connectivity index is 2.22. The van der Waals surface area contributed by atoms with Crippen molar-refractivity contribution in [2.24, 2.45) is 0 Å². The van der Waals surface area contributed by atoms with Crippen molar-refractivity contribution in [3.63, 3.8) is 0 Å². The maximum absolute atomic E-state index is 11.0. The lowest BCUT2D eigenvalue weighted by Crippen LogP contribution is -2.05. The van der Waals surface area contributed by atoms with Crippen molar-refractivity contribution < 1.29 is 9.90 Å². The summed E-state index contributed by atoms with van der Waals surface area (Å²) in [5.41, 5.74) is 0.719. The summed E-state index contributed by atoms with van der Waals surface area (Å²) in [7, 11) is 0. The van der Waals surface area contributed by atoms with E-state index in [0.29, 0.717) is 5.82 Å². The van der Waals surface area contributed by atoms with E-state index in [4.69, 9.17) is 5.11 Å². The molecule has 8 nitrogen and oxygen atoms in total. The fourth-order valence-electron chi connectivity index (χ4n) is 1.27. The van der Waals surface area contributed by atoms with Crippen LogP contribution in [0.3, 0.4) is 0 Å². The minimum absolute atomic E-state index is 0.00246. The summed E-state index contributed by atoms with van der Waals surface area (Å²) in [6.45, 7) is 1.84. The third-order valence-corrected chi connectivity index (χ3v) is 2.07. The van der Waals surface area contributed by atoms with Crippen LogP contribution in [0, 0.1) is 6.92 Å². The summed E-state index contributed by atoms with van der Waals surface area (Å²) in [4.78, 5) is 15.2. The summed E-state index contributed by atoms with van der Waals surface area (Å²) < 4.78 is 0. The van der Waals surface area contributed by atoms with Crippen LogP contribution in [0.25, 0.3) is 5.57 Å². The molecule has 0 saturated heterocycles. The van der Waals surface area contributed by atoms with Crippen molar-refractivity contribution in [1.29, 1.82) is 0 Å². The van der Waals surface area contributed by atoms with Gasteiger partial charge in [-0.2, -0.15) is 5.21 Å². The molecule has 3 N–H and O–H groups in total. The van der Waals surface area contributed by atoms with Crippen LogP contribution in [-0.4, -0.2) is 36.7 Å². The Kier molecular flexibility index (Phi) is 3.28. The van der Waals surface area contributed by atoms with Gasteiger partial charge in [-0.15, -0.1) is 10.2 Å². The van der Waals surface area contributed by atoms with Crippen LogP contribution in [-0.2, 0) is 4.79 Å². The van der Waals surface area contributed by atoms with Gasteiger partial charge in [0.1, 0.15) is 11.4 Å². The predicted molar refractivity (Wildman–Crippen MR) is 62.4 cm³/mol. The molecule has 0 aromatic carbocycles. The zero-order valence-electron chi connectivity index (χ0n) is 9.45. The molecule has 2 aromatic heterocycles. The van der Waals surface area contributed by atoms with E-state index in [9.17, 15) is 4.79 Å². The highest BCUT2D eigenvalue weighted by molar-refractivity contribution is 6.14. The van der Waals surface area contributed by atoms with Crippen molar-refractivity contribution in [2.75, 3.05) is 5.32 Å². The topological polar surface area (TPSA) is 117 Å². The van der Waals surface area contributed by atoms with Crippen LogP contribution in [0.5, 0.6) is 0 Å². The van der Waals surface area contributed by atoms with E-state index >= 15 is 0 Å². The molecule has 2 heterocycles. The molecule has 0 aliphatic heterocycles. The molecule has 0 atom stereocenters. The average molecular weight is 246 g/mol. The lowest BCUT2D eigenvalue weighted by molar-refractivity contribution is -0.130. The first-order valence-electron chi connectivity index (χ1n) is 5.04. The maximum atomic E-state index is 11.0. The molecule has 0 aliphatic carbocycles. The van der Waals surface area contributed by atoms with Gasteiger partial charge in [-0.05, 0) is 24.3 Å². The van der Waals surface area contributed by atoms with Gasteiger partial charge in [0.2, 0.25) is 5.82 Å². The fourth-order valence-corrected chi connectivity index (χ4v) is 1.27. The van der Waals surface area contributed by atoms with Gasteiger partial charge in [-0.25, -0.2) is 9.78 Å². The van der Waals surface area contributed by atoms with Crippen molar-refractivity contribution >= 4 is 17.4 Å². The number of pyridine rings is 1. The first-order valence-corrected chi connectivity index (χ1v) is 5.04. The molecule has 0 saturated carbocycles. The van der Waals surface area contributed by atoms with Gasteiger partial charge in [0.15, 0.2) is 0 Å². The zero-order chi connectivity index (χ0) is 13.0. The number of aromatic nitrogens is 5. The van der Waals surface area contributed by atoms with Crippen molar-refractivity contribution in [1.82, 2.24) is 25.6 Å². The van der Waals surface area contributed by atoms with Crippen LogP contribution < -0.4 is 5.32 Å². The molecule has 0 fully saturated rings. The van der Waals surface area contributed by atoms with E-state index in [2.05, 4.69) is 30.9 Å². The molecule has 18 heavy (non-hydrogen) atoms. The second-order valence-corrected chi connectivity index (χ2v) is 3.41. The average Bonchev–Trinajstić information content (AvgIpc) is 2.82. The van der Waals surface area contributed by atoms with Gasteiger partial charge in [0, 0.05) is 11.9 Å². The highest BCUT2D eigenvalue weighted by Crippen LogP contribution is 2.10. The van der Waals surface area contributed by atoms with Crippen molar-refractivity contribution in [2.45, 2.75) is 6.92 Å². The molecule has 0 amide bonds. The molecular weight excluding hydrogens is 236 g/mol. The van der Waals surface area contributed by atoms with E-state index in [1.165, 1.54) is 6.20 Å². The molecule has 2 aromatic rings. The number of hydrogen-bond donors (Lipinski definition) is 3. The largest absolute Gasteiger partial charge is 0.477 e. The van der Waals surface area contributed by atoms with Gasteiger partial charge in [0.05, 0.1) is 0 Å². The minimum Gasteiger partial charge on any atom is -0.477 e. The Bertz CT molecular complexity index is 578. The molecule has 2 rings (SSSR count). The number of H-pyrrole nitrogens is 1. The molecule has 0 aliphatic rings. The number of hydrogen-bond acceptors (Lipinski definition) is 6. The second kappa shape index (κ2) is 5.04. The number of tetrazole rings is 1. The smallest absolute Gasteiger partial charge is 0.341 e. The normalized spacial score (nSPS) is 11.3. The Labute approximate surface area is 102 Å². The summed E-state index contributed by atoms with van der Waals surface area (Å²) >= 11 is 0. The molecule has 0 bridgehead atoms. The summed E-state index contributed by atoms with van der Waals surface area (Å²) in [5.74, 6) is -0.614. The number of carboxylic acid groups (broad SMARTS) is 1. The zero-order valence-corrected chi connectivity index (χ0v) is 9.45. The summed E-state index contributed by atoms with van der Waals surface area (Å²) in [6.07, 6.45) is 1.27. The van der Waals surface area contributed by atoms with Crippen LogP contribution >= 0.6 is 0 Å². The first-order chi connectivity index (χ1) is 8.66. The Morgan fingerprint density at radius 2 is 2.33 bits per heavy atom. The fraction of sp³-hybridized carbons (Fsp3) is 0.100. The molecule has 8 heteroatoms. The van der Waals surface area contributed by atoms with Gasteiger partial charge >= 0.3 is 5.97 Å². The molecule has 0 unspecified atom stereocenters. The maximum Gasteiger partial charge on any atom is 0.341 e. The van der Waals surface area contributed by atoms with E-state index < -0.39 is 5.97 Å². The number of aryl methyl sites for hydroxylation is 1. The van der Waals surface area contributed by atoms with Gasteiger partial charge in [-0.3, -0.25) is 0 Å². The number of aromatic amines is 1. The Morgan fingerprint density at radius 3 is 2.94 bits per heavy atom. The number of nitrogens with zero attached hydrogens (tertiary/aromatic N) is 4. The predicted octanol–water partition coefficient (Wildman–Crippen LogP) is 0.441. The van der Waals surface area contributed by atoms with Gasteiger partial charge in [-0.1, -0.05) is 6.07 Å². The number of carboxylic acids is 1. The molecule has 0 radical (unpaired) electrons. The summed E-state index contributed by atoms with van der Waals surface area (Å²) in [5, 5.41) is 24.5. The number of rotatable bonds is 4. The van der Waals surface area contributed by atoms with E-state index in [1.807, 2.05) is 19.1 Å². The van der Waals surface area contributed by atoms with Gasteiger partial charge < -0.3 is 10.4 Å². The third kappa shape index (κ3) is 2.67. The van der Waals surface area contributed by atoms with Crippen LogP contribution in [0.15, 0.2) is 24.4 Å². The SMILES string of the molecule is Cc1cccc(N/C=C(/C(=O)O)c2nn[nH]n2)n1. The highest BCUT2D eigenvalue weighted by Gasteiger charge is 2.14. The molecule has 92 valence electrons. The number of anilines is 1. The number of carbonyl (C=O) groups is 1. The lowest BCUT2D eigenvalue weighted by Gasteiger charge is -2.02. The Hall–Kier alpha value is -2.77. The van der Waals surface area contributed by atoms with Crippen molar-refractivity contribution in [3.8, 4) is 0 Å². The standard InChI is InChI=1S/C10H10N6O2/c1-6-3-2-4-8(12-6)11-5-7(10(17)18)9-13-15-16-14-9/h2-5H,1H3,(H,11,12)(H,17,18)(H,13,14,15,16)/b7-5+. The van der Waals surface area contributed by atoms with Crippen LogP contribution in [0.4, 0.5) is 5.82 Å². The number of aliphatic carboxylic acids is 1. The quantitative estimate of drug-likeness (QED) is 0.670. The number of nitrogens with one attached hydrogen (secondary N) is 2. The van der Waals surface area contributed by atoms with Crippen molar-refractivity contribution in [3.05, 3.63) is 35.9 Å². The van der Waals surface area contributed by atoms with Gasteiger partial charge in [0.25, 0.3) is 0 Å². The highest BCUT2D eigenvalue weighted by atomic mass is 16.4. The molecule has 0 spiro atoms. The Morgan fingerprint density at radius 1 is 1.50 bits per heavy atom. The van der Waals surface area contributed by atoms with Crippen LogP contribution in [0.2, 0.25) is 0 Å². The first kappa shape index (κ1) is 11.7. The minimum atomic E-state index is -1.16. The van der Waals surface area contributed by atoms with E-state index in [1.54, 1.807) is 6.07 Å². The second-order valence-electron chi connectivity index (χ2n) is 3.41. The summed E-state index contributed by atoms with van der Waals surface area (Å²) in [6, 6.07) is 5.37. The lowest BCUT2D eigenvalue weighted by atomic mass is 10.3. The molecular formula is C10H10N6O2.